The van der Waals surface area contributed by atoms with Crippen LogP contribution in [0.3, 0.4) is 0 Å². The summed E-state index contributed by atoms with van der Waals surface area (Å²) in [6.45, 7) is 5.20. The van der Waals surface area contributed by atoms with Crippen molar-refractivity contribution >= 4 is 5.91 Å². The van der Waals surface area contributed by atoms with E-state index in [1.807, 2.05) is 10.8 Å². The number of aliphatic hydroxyl groups is 1. The second-order valence-electron chi connectivity index (χ2n) is 5.74. The molecule has 0 bridgehead atoms. The van der Waals surface area contributed by atoms with E-state index in [2.05, 4.69) is 24.1 Å². The molecule has 5 nitrogen and oxygen atoms in total. The summed E-state index contributed by atoms with van der Waals surface area (Å²) in [4.78, 5) is 16.0. The SMILES string of the molecule is CC(C)c1nccn1CCC(=O)NCC1(O)CCC1. The summed E-state index contributed by atoms with van der Waals surface area (Å²) < 4.78 is 2.02. The molecule has 1 aromatic rings. The van der Waals surface area contributed by atoms with Crippen molar-refractivity contribution in [2.75, 3.05) is 6.54 Å². The summed E-state index contributed by atoms with van der Waals surface area (Å²) in [5.41, 5.74) is -0.645. The molecule has 0 spiro atoms. The number of nitrogens with zero attached hydrogens (tertiary/aromatic N) is 2. The molecule has 0 atom stereocenters. The topological polar surface area (TPSA) is 67.2 Å². The zero-order valence-electron chi connectivity index (χ0n) is 11.7. The normalized spacial score (nSPS) is 17.3. The highest BCUT2D eigenvalue weighted by Crippen LogP contribution is 2.30. The number of rotatable bonds is 6. The first-order chi connectivity index (χ1) is 9.00. The molecule has 1 aliphatic rings. The number of hydrogen-bond donors (Lipinski definition) is 2. The molecule has 2 rings (SSSR count). The van der Waals surface area contributed by atoms with Crippen LogP contribution in [0.25, 0.3) is 0 Å². The molecular weight excluding hydrogens is 242 g/mol. The molecule has 1 aromatic heterocycles. The molecule has 1 heterocycles. The molecule has 19 heavy (non-hydrogen) atoms. The van der Waals surface area contributed by atoms with E-state index in [0.29, 0.717) is 25.4 Å². The van der Waals surface area contributed by atoms with Gasteiger partial charge in [-0.3, -0.25) is 4.79 Å². The van der Waals surface area contributed by atoms with E-state index >= 15 is 0 Å². The van der Waals surface area contributed by atoms with Gasteiger partial charge in [0.2, 0.25) is 5.91 Å². The van der Waals surface area contributed by atoms with Crippen LogP contribution in [0.2, 0.25) is 0 Å². The van der Waals surface area contributed by atoms with Gasteiger partial charge in [0.25, 0.3) is 0 Å². The Labute approximate surface area is 114 Å². The summed E-state index contributed by atoms with van der Waals surface area (Å²) in [5, 5.41) is 12.7. The molecule has 2 N–H and O–H groups in total. The largest absolute Gasteiger partial charge is 0.388 e. The van der Waals surface area contributed by atoms with E-state index in [1.54, 1.807) is 6.20 Å². The number of carbonyl (C=O) groups excluding carboxylic acids is 1. The molecule has 1 fully saturated rings. The Morgan fingerprint density at radius 1 is 1.58 bits per heavy atom. The highest BCUT2D eigenvalue weighted by Gasteiger charge is 2.34. The van der Waals surface area contributed by atoms with E-state index in [9.17, 15) is 9.90 Å². The number of aromatic nitrogens is 2. The Balaban J connectivity index is 1.75. The lowest BCUT2D eigenvalue weighted by atomic mass is 9.80. The Morgan fingerprint density at radius 3 is 2.89 bits per heavy atom. The first-order valence-electron chi connectivity index (χ1n) is 7.00. The average molecular weight is 265 g/mol. The van der Waals surface area contributed by atoms with Gasteiger partial charge in [-0.05, 0) is 19.3 Å². The first-order valence-corrected chi connectivity index (χ1v) is 7.00. The van der Waals surface area contributed by atoms with Crippen molar-refractivity contribution < 1.29 is 9.90 Å². The van der Waals surface area contributed by atoms with Gasteiger partial charge in [0.15, 0.2) is 0 Å². The maximum atomic E-state index is 11.8. The number of carbonyl (C=O) groups is 1. The predicted octanol–water partition coefficient (Wildman–Crippen LogP) is 1.43. The second-order valence-corrected chi connectivity index (χ2v) is 5.74. The van der Waals surface area contributed by atoms with E-state index in [-0.39, 0.29) is 5.91 Å². The van der Waals surface area contributed by atoms with Crippen LogP contribution in [0, 0.1) is 0 Å². The number of amides is 1. The molecule has 1 saturated carbocycles. The van der Waals surface area contributed by atoms with Crippen LogP contribution in [-0.4, -0.2) is 32.7 Å². The Morgan fingerprint density at radius 2 is 2.32 bits per heavy atom. The lowest BCUT2D eigenvalue weighted by Gasteiger charge is -2.36. The molecule has 0 aliphatic heterocycles. The Kier molecular flexibility index (Phi) is 4.24. The van der Waals surface area contributed by atoms with E-state index in [1.165, 1.54) is 0 Å². The minimum atomic E-state index is -0.645. The highest BCUT2D eigenvalue weighted by molar-refractivity contribution is 5.75. The summed E-state index contributed by atoms with van der Waals surface area (Å²) in [7, 11) is 0. The van der Waals surface area contributed by atoms with Gasteiger partial charge in [0, 0.05) is 37.8 Å². The summed E-state index contributed by atoms with van der Waals surface area (Å²) in [5.74, 6) is 1.35. The summed E-state index contributed by atoms with van der Waals surface area (Å²) in [6.07, 6.45) is 6.75. The molecule has 0 aromatic carbocycles. The zero-order chi connectivity index (χ0) is 13.9. The molecule has 1 aliphatic carbocycles. The minimum Gasteiger partial charge on any atom is -0.388 e. The van der Waals surface area contributed by atoms with Crippen LogP contribution >= 0.6 is 0 Å². The predicted molar refractivity (Wildman–Crippen MR) is 72.7 cm³/mol. The standard InChI is InChI=1S/C14H23N3O2/c1-11(2)13-15-7-9-17(13)8-4-12(18)16-10-14(19)5-3-6-14/h7,9,11,19H,3-6,8,10H2,1-2H3,(H,16,18). The number of nitrogens with one attached hydrogen (secondary N) is 1. The van der Waals surface area contributed by atoms with Gasteiger partial charge in [0.05, 0.1) is 5.60 Å². The van der Waals surface area contributed by atoms with Crippen molar-refractivity contribution in [3.63, 3.8) is 0 Å². The van der Waals surface area contributed by atoms with E-state index in [0.717, 1.165) is 25.1 Å². The molecular formula is C14H23N3O2. The number of aryl methyl sites for hydroxylation is 1. The highest BCUT2D eigenvalue weighted by atomic mass is 16.3. The van der Waals surface area contributed by atoms with Gasteiger partial charge < -0.3 is 15.0 Å². The van der Waals surface area contributed by atoms with Gasteiger partial charge in [-0.1, -0.05) is 13.8 Å². The third-order valence-electron chi connectivity index (χ3n) is 3.74. The smallest absolute Gasteiger partial charge is 0.221 e. The fraction of sp³-hybridized carbons (Fsp3) is 0.714. The van der Waals surface area contributed by atoms with Gasteiger partial charge in [-0.25, -0.2) is 4.98 Å². The van der Waals surface area contributed by atoms with Crippen LogP contribution in [-0.2, 0) is 11.3 Å². The summed E-state index contributed by atoms with van der Waals surface area (Å²) in [6, 6.07) is 0. The van der Waals surface area contributed by atoms with Crippen molar-refractivity contribution in [2.45, 2.75) is 57.6 Å². The summed E-state index contributed by atoms with van der Waals surface area (Å²) >= 11 is 0. The maximum Gasteiger partial charge on any atom is 0.221 e. The van der Waals surface area contributed by atoms with Gasteiger partial charge in [-0.15, -0.1) is 0 Å². The van der Waals surface area contributed by atoms with Crippen molar-refractivity contribution in [1.29, 1.82) is 0 Å². The third-order valence-corrected chi connectivity index (χ3v) is 3.74. The van der Waals surface area contributed by atoms with Gasteiger partial charge in [0.1, 0.15) is 5.82 Å². The average Bonchev–Trinajstić information content (AvgIpc) is 2.79. The quantitative estimate of drug-likeness (QED) is 0.817. The lowest BCUT2D eigenvalue weighted by Crippen LogP contribution is -2.47. The molecule has 0 unspecified atom stereocenters. The zero-order valence-corrected chi connectivity index (χ0v) is 11.7. The fourth-order valence-electron chi connectivity index (χ4n) is 2.35. The van der Waals surface area contributed by atoms with Crippen molar-refractivity contribution in [1.82, 2.24) is 14.9 Å². The van der Waals surface area contributed by atoms with E-state index < -0.39 is 5.60 Å². The first kappa shape index (κ1) is 14.1. The molecule has 0 radical (unpaired) electrons. The van der Waals surface area contributed by atoms with Crippen molar-refractivity contribution in [3.05, 3.63) is 18.2 Å². The van der Waals surface area contributed by atoms with Crippen LogP contribution in [0.4, 0.5) is 0 Å². The Bertz CT molecular complexity index is 436. The van der Waals surface area contributed by atoms with Gasteiger partial charge in [-0.2, -0.15) is 0 Å². The third kappa shape index (κ3) is 3.56. The molecule has 0 saturated heterocycles. The van der Waals surface area contributed by atoms with Crippen LogP contribution in [0.15, 0.2) is 12.4 Å². The molecule has 5 heteroatoms. The molecule has 1 amide bonds. The molecule has 106 valence electrons. The van der Waals surface area contributed by atoms with Crippen molar-refractivity contribution in [2.24, 2.45) is 0 Å². The van der Waals surface area contributed by atoms with E-state index in [4.69, 9.17) is 0 Å². The maximum absolute atomic E-state index is 11.8. The monoisotopic (exact) mass is 265 g/mol. The second kappa shape index (κ2) is 5.74. The number of imidazole rings is 1. The minimum absolute atomic E-state index is 0.0104. The van der Waals surface area contributed by atoms with Crippen LogP contribution in [0.5, 0.6) is 0 Å². The van der Waals surface area contributed by atoms with Gasteiger partial charge >= 0.3 is 0 Å². The van der Waals surface area contributed by atoms with Crippen molar-refractivity contribution in [3.8, 4) is 0 Å². The fourth-order valence-corrected chi connectivity index (χ4v) is 2.35. The van der Waals surface area contributed by atoms with Crippen LogP contribution in [0.1, 0.15) is 51.3 Å². The number of hydrogen-bond acceptors (Lipinski definition) is 3. The Hall–Kier alpha value is -1.36. The lowest BCUT2D eigenvalue weighted by molar-refractivity contribution is -0.123. The van der Waals surface area contributed by atoms with Crippen LogP contribution < -0.4 is 5.32 Å².